The Balaban J connectivity index is 1.99. The normalized spacial score (nSPS) is 22.0. The molecule has 0 aromatic carbocycles. The van der Waals surface area contributed by atoms with E-state index in [1.807, 2.05) is 17.1 Å². The predicted molar refractivity (Wildman–Crippen MR) is 55.9 cm³/mol. The zero-order chi connectivity index (χ0) is 9.80. The third-order valence-electron chi connectivity index (χ3n) is 2.69. The maximum atomic E-state index is 11.9. The number of hydrogen-bond acceptors (Lipinski definition) is 2. The molecule has 1 aliphatic heterocycles. The van der Waals surface area contributed by atoms with E-state index in [9.17, 15) is 4.79 Å². The molecule has 14 heavy (non-hydrogen) atoms. The summed E-state index contributed by atoms with van der Waals surface area (Å²) in [5.74, 6) is 0.232. The minimum Gasteiger partial charge on any atom is -0.336 e. The summed E-state index contributed by atoms with van der Waals surface area (Å²) in [6.07, 6.45) is 7.95. The van der Waals surface area contributed by atoms with Crippen molar-refractivity contribution >= 4 is 5.91 Å². The Kier molecular flexibility index (Phi) is 2.99. The number of rotatable bonds is 1. The second-order valence-electron chi connectivity index (χ2n) is 3.70. The zero-order valence-corrected chi connectivity index (χ0v) is 8.33. The number of carbonyl (C=O) groups is 1. The number of carbonyl (C=O) groups excluding carboxylic acids is 1. The lowest BCUT2D eigenvalue weighted by Gasteiger charge is -2.28. The number of nitrogens with one attached hydrogen (secondary N) is 1. The van der Waals surface area contributed by atoms with Crippen LogP contribution in [-0.2, 0) is 4.79 Å². The molecule has 2 rings (SSSR count). The van der Waals surface area contributed by atoms with Crippen LogP contribution >= 0.6 is 0 Å². The van der Waals surface area contributed by atoms with E-state index in [1.165, 1.54) is 0 Å². The Morgan fingerprint density at radius 2 is 2.14 bits per heavy atom. The van der Waals surface area contributed by atoms with E-state index in [1.54, 1.807) is 0 Å². The summed E-state index contributed by atoms with van der Waals surface area (Å²) in [5.41, 5.74) is 0.967. The van der Waals surface area contributed by atoms with E-state index in [4.69, 9.17) is 0 Å². The quantitative estimate of drug-likeness (QED) is 0.663. The Hall–Kier alpha value is -1.09. The number of nitrogens with zero attached hydrogens (tertiary/aromatic N) is 1. The predicted octanol–water partition coefficient (Wildman–Crippen LogP) is 0.695. The van der Waals surface area contributed by atoms with Crippen LogP contribution in [0.25, 0.3) is 0 Å². The average molecular weight is 192 g/mol. The monoisotopic (exact) mass is 192 g/mol. The molecule has 0 radical (unpaired) electrons. The third kappa shape index (κ3) is 2.04. The molecule has 2 aliphatic rings. The number of amides is 1. The van der Waals surface area contributed by atoms with Gasteiger partial charge in [0.15, 0.2) is 0 Å². The van der Waals surface area contributed by atoms with Crippen molar-refractivity contribution in [3.63, 3.8) is 0 Å². The smallest absolute Gasteiger partial charge is 0.249 e. The molecule has 1 aliphatic carbocycles. The minimum absolute atomic E-state index is 0.232. The fourth-order valence-corrected chi connectivity index (χ4v) is 1.85. The third-order valence-corrected chi connectivity index (χ3v) is 2.69. The van der Waals surface area contributed by atoms with Gasteiger partial charge in [-0.05, 0) is 12.8 Å². The van der Waals surface area contributed by atoms with Crippen molar-refractivity contribution in [2.45, 2.75) is 12.8 Å². The van der Waals surface area contributed by atoms with Gasteiger partial charge in [0, 0.05) is 31.8 Å². The lowest BCUT2D eigenvalue weighted by atomic mass is 10.0. The van der Waals surface area contributed by atoms with Crippen molar-refractivity contribution in [2.75, 3.05) is 26.2 Å². The van der Waals surface area contributed by atoms with E-state index < -0.39 is 0 Å². The fraction of sp³-hybridized carbons (Fsp3) is 0.545. The van der Waals surface area contributed by atoms with E-state index >= 15 is 0 Å². The summed E-state index contributed by atoms with van der Waals surface area (Å²) in [7, 11) is 0. The molecule has 0 saturated carbocycles. The summed E-state index contributed by atoms with van der Waals surface area (Å²) in [4.78, 5) is 13.9. The van der Waals surface area contributed by atoms with Crippen LogP contribution in [0.3, 0.4) is 0 Å². The Bertz CT molecular complexity index is 275. The summed E-state index contributed by atoms with van der Waals surface area (Å²) >= 11 is 0. The lowest BCUT2D eigenvalue weighted by Crippen LogP contribution is -2.46. The molecular weight excluding hydrogens is 176 g/mol. The first-order valence-corrected chi connectivity index (χ1v) is 5.23. The highest BCUT2D eigenvalue weighted by molar-refractivity contribution is 5.94. The highest BCUT2D eigenvalue weighted by Gasteiger charge is 2.19. The van der Waals surface area contributed by atoms with Crippen molar-refractivity contribution in [3.05, 3.63) is 23.8 Å². The number of allylic oxidation sites excluding steroid dienone is 3. The SMILES string of the molecule is O=C(C1=CC=CCC1)N1CCNCC1. The molecule has 0 unspecified atom stereocenters. The molecule has 0 spiro atoms. The van der Waals surface area contributed by atoms with Crippen molar-refractivity contribution in [3.8, 4) is 0 Å². The molecule has 0 bridgehead atoms. The van der Waals surface area contributed by atoms with Gasteiger partial charge in [-0.3, -0.25) is 4.79 Å². The Morgan fingerprint density at radius 3 is 2.79 bits per heavy atom. The number of hydrogen-bond donors (Lipinski definition) is 1. The van der Waals surface area contributed by atoms with Gasteiger partial charge in [0.05, 0.1) is 0 Å². The summed E-state index contributed by atoms with van der Waals surface area (Å²) in [6.45, 7) is 3.55. The largest absolute Gasteiger partial charge is 0.336 e. The van der Waals surface area contributed by atoms with Gasteiger partial charge in [0.25, 0.3) is 0 Å². The minimum atomic E-state index is 0.232. The molecule has 76 valence electrons. The van der Waals surface area contributed by atoms with Gasteiger partial charge in [-0.15, -0.1) is 0 Å². The van der Waals surface area contributed by atoms with E-state index in [-0.39, 0.29) is 5.91 Å². The van der Waals surface area contributed by atoms with Gasteiger partial charge >= 0.3 is 0 Å². The van der Waals surface area contributed by atoms with Crippen LogP contribution in [0.2, 0.25) is 0 Å². The fourth-order valence-electron chi connectivity index (χ4n) is 1.85. The van der Waals surface area contributed by atoms with Crippen LogP contribution in [0.4, 0.5) is 0 Å². The van der Waals surface area contributed by atoms with Crippen molar-refractivity contribution < 1.29 is 4.79 Å². The van der Waals surface area contributed by atoms with E-state index in [2.05, 4.69) is 11.4 Å². The highest BCUT2D eigenvalue weighted by atomic mass is 16.2. The summed E-state index contributed by atoms with van der Waals surface area (Å²) in [6, 6.07) is 0. The van der Waals surface area contributed by atoms with E-state index in [0.29, 0.717) is 0 Å². The first-order valence-electron chi connectivity index (χ1n) is 5.23. The molecule has 3 heteroatoms. The molecular formula is C11H16N2O. The Labute approximate surface area is 84.5 Å². The molecule has 0 aromatic rings. The molecule has 1 saturated heterocycles. The summed E-state index contributed by atoms with van der Waals surface area (Å²) in [5, 5.41) is 3.25. The maximum Gasteiger partial charge on any atom is 0.249 e. The van der Waals surface area contributed by atoms with Gasteiger partial charge in [0.1, 0.15) is 0 Å². The molecule has 3 nitrogen and oxygen atoms in total. The standard InChI is InChI=1S/C11H16N2O/c14-11(10-4-2-1-3-5-10)13-8-6-12-7-9-13/h1-2,4,12H,3,5-9H2. The average Bonchev–Trinajstić information content (AvgIpc) is 2.30. The van der Waals surface area contributed by atoms with Crippen molar-refractivity contribution in [1.82, 2.24) is 10.2 Å². The van der Waals surface area contributed by atoms with Gasteiger partial charge in [-0.2, -0.15) is 0 Å². The molecule has 0 atom stereocenters. The van der Waals surface area contributed by atoms with Gasteiger partial charge in [-0.1, -0.05) is 18.2 Å². The first-order chi connectivity index (χ1) is 6.88. The summed E-state index contributed by atoms with van der Waals surface area (Å²) < 4.78 is 0. The van der Waals surface area contributed by atoms with Crippen molar-refractivity contribution in [1.29, 1.82) is 0 Å². The van der Waals surface area contributed by atoms with Crippen LogP contribution in [0, 0.1) is 0 Å². The molecule has 0 aromatic heterocycles. The number of piperazine rings is 1. The van der Waals surface area contributed by atoms with Crippen molar-refractivity contribution in [2.24, 2.45) is 0 Å². The molecule has 1 amide bonds. The Morgan fingerprint density at radius 1 is 1.36 bits per heavy atom. The van der Waals surface area contributed by atoms with Crippen LogP contribution in [-0.4, -0.2) is 37.0 Å². The van der Waals surface area contributed by atoms with Gasteiger partial charge in [0.2, 0.25) is 5.91 Å². The maximum absolute atomic E-state index is 11.9. The zero-order valence-electron chi connectivity index (χ0n) is 8.33. The molecule has 1 heterocycles. The molecule has 1 fully saturated rings. The molecule has 1 N–H and O–H groups in total. The van der Waals surface area contributed by atoms with Crippen LogP contribution < -0.4 is 5.32 Å². The van der Waals surface area contributed by atoms with Gasteiger partial charge in [-0.25, -0.2) is 0 Å². The topological polar surface area (TPSA) is 32.3 Å². The second-order valence-corrected chi connectivity index (χ2v) is 3.70. The lowest BCUT2D eigenvalue weighted by molar-refractivity contribution is -0.127. The highest BCUT2D eigenvalue weighted by Crippen LogP contribution is 2.14. The van der Waals surface area contributed by atoms with Crippen LogP contribution in [0.1, 0.15) is 12.8 Å². The van der Waals surface area contributed by atoms with Crippen LogP contribution in [0.5, 0.6) is 0 Å². The van der Waals surface area contributed by atoms with Crippen LogP contribution in [0.15, 0.2) is 23.8 Å². The first kappa shape index (κ1) is 9.46. The van der Waals surface area contributed by atoms with E-state index in [0.717, 1.165) is 44.6 Å². The van der Waals surface area contributed by atoms with Gasteiger partial charge < -0.3 is 10.2 Å². The second kappa shape index (κ2) is 4.42.